The zero-order valence-electron chi connectivity index (χ0n) is 12.2. The van der Waals surface area contributed by atoms with E-state index in [1.807, 2.05) is 0 Å². The van der Waals surface area contributed by atoms with Crippen LogP contribution in [0.25, 0.3) is 0 Å². The lowest BCUT2D eigenvalue weighted by atomic mass is 10.3. The molecule has 0 bridgehead atoms. The van der Waals surface area contributed by atoms with Crippen molar-refractivity contribution in [2.24, 2.45) is 0 Å². The van der Waals surface area contributed by atoms with Gasteiger partial charge >= 0.3 is 0 Å². The molecule has 1 amide bonds. The van der Waals surface area contributed by atoms with E-state index in [9.17, 15) is 4.79 Å². The first-order valence-electron chi connectivity index (χ1n) is 6.78. The molecule has 1 N–H and O–H groups in total. The Morgan fingerprint density at radius 2 is 2.23 bits per heavy atom. The number of hydrogen-bond acceptors (Lipinski definition) is 6. The van der Waals surface area contributed by atoms with Crippen molar-refractivity contribution in [3.05, 3.63) is 29.3 Å². The van der Waals surface area contributed by atoms with Crippen molar-refractivity contribution in [1.82, 2.24) is 10.2 Å². The first kappa shape index (κ1) is 17.1. The standard InChI is InChI=1S/C14H16ClN3O2S2/c1-3-8-21-14-18-17-13(22-14)16-12(19)9(2)20-11-7-5-4-6-10(11)15/h4-7,9H,3,8H2,1-2H3,(H,16,17,19)/t9-/m1/s1. The summed E-state index contributed by atoms with van der Waals surface area (Å²) in [5.41, 5.74) is 0. The Kier molecular flexibility index (Phi) is 6.48. The fraction of sp³-hybridized carbons (Fsp3) is 0.357. The van der Waals surface area contributed by atoms with Crippen LogP contribution in [0.2, 0.25) is 5.02 Å². The van der Waals surface area contributed by atoms with Crippen LogP contribution in [0.5, 0.6) is 5.75 Å². The Hall–Kier alpha value is -1.31. The lowest BCUT2D eigenvalue weighted by Crippen LogP contribution is -2.30. The van der Waals surface area contributed by atoms with E-state index in [4.69, 9.17) is 16.3 Å². The van der Waals surface area contributed by atoms with Crippen LogP contribution < -0.4 is 10.1 Å². The maximum absolute atomic E-state index is 12.1. The first-order valence-corrected chi connectivity index (χ1v) is 8.96. The molecule has 1 aromatic heterocycles. The number of carbonyl (C=O) groups is 1. The van der Waals surface area contributed by atoms with Crippen LogP contribution in [0.15, 0.2) is 28.6 Å². The molecule has 5 nitrogen and oxygen atoms in total. The Balaban J connectivity index is 1.91. The van der Waals surface area contributed by atoms with E-state index in [1.54, 1.807) is 43.0 Å². The lowest BCUT2D eigenvalue weighted by Gasteiger charge is -2.14. The summed E-state index contributed by atoms with van der Waals surface area (Å²) in [5, 5.41) is 11.6. The summed E-state index contributed by atoms with van der Waals surface area (Å²) in [4.78, 5) is 12.1. The largest absolute Gasteiger partial charge is 0.479 e. The van der Waals surface area contributed by atoms with E-state index in [-0.39, 0.29) is 5.91 Å². The smallest absolute Gasteiger partial charge is 0.266 e. The number of aromatic nitrogens is 2. The van der Waals surface area contributed by atoms with Crippen LogP contribution in [0.4, 0.5) is 5.13 Å². The molecule has 1 aromatic carbocycles. The number of nitrogens with one attached hydrogen (secondary N) is 1. The van der Waals surface area contributed by atoms with E-state index in [2.05, 4.69) is 22.4 Å². The van der Waals surface area contributed by atoms with Gasteiger partial charge in [-0.05, 0) is 25.5 Å². The van der Waals surface area contributed by atoms with Crippen molar-refractivity contribution in [1.29, 1.82) is 0 Å². The van der Waals surface area contributed by atoms with Gasteiger partial charge in [0, 0.05) is 5.75 Å². The summed E-state index contributed by atoms with van der Waals surface area (Å²) in [6.45, 7) is 3.76. The molecule has 22 heavy (non-hydrogen) atoms. The second kappa shape index (κ2) is 8.36. The third-order valence-corrected chi connectivity index (χ3v) is 5.07. The molecule has 1 atom stereocenters. The quantitative estimate of drug-likeness (QED) is 0.597. The second-order valence-corrected chi connectivity index (χ2v) is 7.13. The van der Waals surface area contributed by atoms with Gasteiger partial charge in [0.25, 0.3) is 5.91 Å². The van der Waals surface area contributed by atoms with Crippen LogP contribution in [0.1, 0.15) is 20.3 Å². The van der Waals surface area contributed by atoms with E-state index >= 15 is 0 Å². The topological polar surface area (TPSA) is 64.1 Å². The van der Waals surface area contributed by atoms with E-state index in [0.717, 1.165) is 16.5 Å². The lowest BCUT2D eigenvalue weighted by molar-refractivity contribution is -0.122. The molecule has 2 rings (SSSR count). The van der Waals surface area contributed by atoms with Crippen molar-refractivity contribution >= 4 is 45.7 Å². The summed E-state index contributed by atoms with van der Waals surface area (Å²) >= 11 is 8.99. The van der Waals surface area contributed by atoms with Gasteiger partial charge in [-0.25, -0.2) is 0 Å². The number of para-hydroxylation sites is 1. The average molecular weight is 358 g/mol. The third kappa shape index (κ3) is 4.86. The van der Waals surface area contributed by atoms with Gasteiger partial charge in [0.15, 0.2) is 10.4 Å². The number of anilines is 1. The highest BCUT2D eigenvalue weighted by Gasteiger charge is 2.18. The van der Waals surface area contributed by atoms with Crippen molar-refractivity contribution in [2.45, 2.75) is 30.7 Å². The molecule has 0 fully saturated rings. The van der Waals surface area contributed by atoms with Crippen molar-refractivity contribution < 1.29 is 9.53 Å². The molecule has 0 aliphatic heterocycles. The number of benzene rings is 1. The third-order valence-electron chi connectivity index (χ3n) is 2.58. The number of rotatable bonds is 7. The highest BCUT2D eigenvalue weighted by Crippen LogP contribution is 2.27. The highest BCUT2D eigenvalue weighted by molar-refractivity contribution is 8.01. The molecule has 0 saturated heterocycles. The summed E-state index contributed by atoms with van der Waals surface area (Å²) in [7, 11) is 0. The van der Waals surface area contributed by atoms with E-state index < -0.39 is 6.10 Å². The van der Waals surface area contributed by atoms with Crippen LogP contribution in [-0.2, 0) is 4.79 Å². The predicted molar refractivity (Wildman–Crippen MR) is 91.1 cm³/mol. The molecule has 1 heterocycles. The molecule has 118 valence electrons. The van der Waals surface area contributed by atoms with Gasteiger partial charge in [-0.15, -0.1) is 10.2 Å². The van der Waals surface area contributed by atoms with Gasteiger partial charge in [0.05, 0.1) is 5.02 Å². The van der Waals surface area contributed by atoms with Gasteiger partial charge < -0.3 is 4.74 Å². The molecule has 0 unspecified atom stereocenters. The zero-order valence-corrected chi connectivity index (χ0v) is 14.6. The van der Waals surface area contributed by atoms with Crippen molar-refractivity contribution in [2.75, 3.05) is 11.1 Å². The minimum Gasteiger partial charge on any atom is -0.479 e. The van der Waals surface area contributed by atoms with Gasteiger partial charge in [-0.2, -0.15) is 0 Å². The Morgan fingerprint density at radius 1 is 1.45 bits per heavy atom. The summed E-state index contributed by atoms with van der Waals surface area (Å²) in [6, 6.07) is 7.03. The van der Waals surface area contributed by atoms with Gasteiger partial charge in [0.2, 0.25) is 5.13 Å². The monoisotopic (exact) mass is 357 g/mol. The van der Waals surface area contributed by atoms with Crippen molar-refractivity contribution in [3.8, 4) is 5.75 Å². The number of thioether (sulfide) groups is 1. The van der Waals surface area contributed by atoms with Gasteiger partial charge in [0.1, 0.15) is 5.75 Å². The van der Waals surface area contributed by atoms with Gasteiger partial charge in [-0.1, -0.05) is 53.8 Å². The van der Waals surface area contributed by atoms with Crippen LogP contribution >= 0.6 is 34.7 Å². The Bertz CT molecular complexity index is 636. The highest BCUT2D eigenvalue weighted by atomic mass is 35.5. The maximum Gasteiger partial charge on any atom is 0.266 e. The van der Waals surface area contributed by atoms with Gasteiger partial charge in [-0.3, -0.25) is 10.1 Å². The molecular weight excluding hydrogens is 342 g/mol. The summed E-state index contributed by atoms with van der Waals surface area (Å²) in [6.07, 6.45) is 0.379. The molecule has 2 aromatic rings. The molecule has 0 aliphatic rings. The zero-order chi connectivity index (χ0) is 15.9. The maximum atomic E-state index is 12.1. The van der Waals surface area contributed by atoms with E-state index in [0.29, 0.717) is 15.9 Å². The number of hydrogen-bond donors (Lipinski definition) is 1. The van der Waals surface area contributed by atoms with Crippen LogP contribution in [0, 0.1) is 0 Å². The number of halogens is 1. The molecule has 0 radical (unpaired) electrons. The molecule has 0 spiro atoms. The molecule has 0 saturated carbocycles. The van der Waals surface area contributed by atoms with Crippen molar-refractivity contribution in [3.63, 3.8) is 0 Å². The molecule has 8 heteroatoms. The summed E-state index contributed by atoms with van der Waals surface area (Å²) < 4.78 is 6.40. The fourth-order valence-corrected chi connectivity index (χ4v) is 3.36. The van der Waals surface area contributed by atoms with Crippen LogP contribution in [0.3, 0.4) is 0 Å². The molecule has 0 aliphatic carbocycles. The van der Waals surface area contributed by atoms with E-state index in [1.165, 1.54) is 11.3 Å². The fourth-order valence-electron chi connectivity index (χ4n) is 1.50. The van der Waals surface area contributed by atoms with Crippen LogP contribution in [-0.4, -0.2) is 28.0 Å². The normalized spacial score (nSPS) is 12.0. The number of nitrogens with zero attached hydrogens (tertiary/aromatic N) is 2. The number of amides is 1. The number of carbonyl (C=O) groups excluding carboxylic acids is 1. The first-order chi connectivity index (χ1) is 10.6. The number of ether oxygens (including phenoxy) is 1. The Labute approximate surface area is 142 Å². The second-order valence-electron chi connectivity index (χ2n) is 4.40. The summed E-state index contributed by atoms with van der Waals surface area (Å²) in [5.74, 6) is 1.17. The SMILES string of the molecule is CCCSc1nnc(NC(=O)[C@@H](C)Oc2ccccc2Cl)s1. The average Bonchev–Trinajstić information content (AvgIpc) is 2.94. The minimum atomic E-state index is -0.685. The predicted octanol–water partition coefficient (Wildman–Crippen LogP) is 4.10. The minimum absolute atomic E-state index is 0.289. The Morgan fingerprint density at radius 3 is 2.95 bits per heavy atom. The molecular formula is C14H16ClN3O2S2.